The van der Waals surface area contributed by atoms with E-state index in [0.717, 1.165) is 19.5 Å². The third-order valence-corrected chi connectivity index (χ3v) is 2.81. The molecule has 0 bridgehead atoms. The van der Waals surface area contributed by atoms with Gasteiger partial charge in [0.25, 0.3) is 5.91 Å². The van der Waals surface area contributed by atoms with Gasteiger partial charge in [-0.15, -0.1) is 0 Å². The number of carbonyl (C=O) groups excluding carboxylic acids is 1. The molecular weight excluding hydrogens is 254 g/mol. The number of nitrogens with one attached hydrogen (secondary N) is 2. The van der Waals surface area contributed by atoms with E-state index in [1.165, 1.54) is 0 Å². The Morgan fingerprint density at radius 1 is 1.40 bits per heavy atom. The maximum Gasteiger partial charge on any atom is 0.259 e. The van der Waals surface area contributed by atoms with Crippen molar-refractivity contribution in [2.45, 2.75) is 26.8 Å². The molecule has 0 unspecified atom stereocenters. The maximum atomic E-state index is 12.3. The molecule has 0 aromatic carbocycles. The van der Waals surface area contributed by atoms with Gasteiger partial charge in [-0.1, -0.05) is 6.92 Å². The first-order valence-electron chi connectivity index (χ1n) is 6.77. The number of pyridine rings is 1. The molecule has 0 aliphatic rings. The molecule has 0 fully saturated rings. The van der Waals surface area contributed by atoms with Crippen LogP contribution in [-0.4, -0.2) is 27.2 Å². The molecule has 106 valence electrons. The lowest BCUT2D eigenvalue weighted by Gasteiger charge is -2.09. The lowest BCUT2D eigenvalue weighted by atomic mass is 10.2. The lowest BCUT2D eigenvalue weighted by Crippen LogP contribution is -2.15. The van der Waals surface area contributed by atoms with Gasteiger partial charge in [0.2, 0.25) is 0 Å². The van der Waals surface area contributed by atoms with Crippen molar-refractivity contribution < 1.29 is 4.79 Å². The van der Waals surface area contributed by atoms with Crippen LogP contribution in [0.3, 0.4) is 0 Å². The Labute approximate surface area is 118 Å². The molecule has 2 heterocycles. The smallest absolute Gasteiger partial charge is 0.259 e. The zero-order valence-electron chi connectivity index (χ0n) is 11.8. The summed E-state index contributed by atoms with van der Waals surface area (Å²) in [7, 11) is 0. The van der Waals surface area contributed by atoms with E-state index in [9.17, 15) is 4.79 Å². The van der Waals surface area contributed by atoms with E-state index >= 15 is 0 Å². The fourth-order valence-corrected chi connectivity index (χ4v) is 1.77. The summed E-state index contributed by atoms with van der Waals surface area (Å²) in [5.74, 6) is 0.419. The van der Waals surface area contributed by atoms with E-state index in [4.69, 9.17) is 0 Å². The molecule has 0 spiro atoms. The van der Waals surface area contributed by atoms with Crippen LogP contribution in [0.1, 0.15) is 30.6 Å². The molecule has 2 aromatic heterocycles. The van der Waals surface area contributed by atoms with Gasteiger partial charge >= 0.3 is 0 Å². The lowest BCUT2D eigenvalue weighted by molar-refractivity contribution is 0.102. The third kappa shape index (κ3) is 3.34. The number of hydrogen-bond donors (Lipinski definition) is 2. The summed E-state index contributed by atoms with van der Waals surface area (Å²) in [6.07, 6.45) is 6.08. The minimum absolute atomic E-state index is 0.188. The Balaban J connectivity index is 2.12. The highest BCUT2D eigenvalue weighted by Gasteiger charge is 2.12. The van der Waals surface area contributed by atoms with Crippen LogP contribution in [0.15, 0.2) is 30.7 Å². The Hall–Kier alpha value is -2.37. The van der Waals surface area contributed by atoms with E-state index < -0.39 is 0 Å². The van der Waals surface area contributed by atoms with Gasteiger partial charge in [0.05, 0.1) is 17.4 Å². The number of aromatic nitrogens is 3. The van der Waals surface area contributed by atoms with Crippen molar-refractivity contribution in [3.63, 3.8) is 0 Å². The molecule has 0 saturated heterocycles. The molecule has 6 nitrogen and oxygen atoms in total. The number of aryl methyl sites for hydroxylation is 1. The summed E-state index contributed by atoms with van der Waals surface area (Å²) < 4.78 is 1.76. The van der Waals surface area contributed by atoms with E-state index in [2.05, 4.69) is 27.6 Å². The van der Waals surface area contributed by atoms with Crippen LogP contribution in [0.2, 0.25) is 0 Å². The van der Waals surface area contributed by atoms with Crippen molar-refractivity contribution in [2.75, 3.05) is 17.2 Å². The summed E-state index contributed by atoms with van der Waals surface area (Å²) in [5, 5.41) is 10.1. The van der Waals surface area contributed by atoms with E-state index in [1.54, 1.807) is 35.4 Å². The zero-order valence-corrected chi connectivity index (χ0v) is 11.8. The van der Waals surface area contributed by atoms with Crippen molar-refractivity contribution in [2.24, 2.45) is 0 Å². The summed E-state index contributed by atoms with van der Waals surface area (Å²) in [6, 6.07) is 3.51. The third-order valence-electron chi connectivity index (χ3n) is 2.81. The Morgan fingerprint density at radius 3 is 2.95 bits per heavy atom. The predicted molar refractivity (Wildman–Crippen MR) is 78.9 cm³/mol. The molecule has 0 aliphatic carbocycles. The number of anilines is 2. The Kier molecular flexibility index (Phi) is 4.70. The fraction of sp³-hybridized carbons (Fsp3) is 0.357. The largest absolute Gasteiger partial charge is 0.369 e. The molecule has 6 heteroatoms. The zero-order chi connectivity index (χ0) is 14.4. The summed E-state index contributed by atoms with van der Waals surface area (Å²) in [4.78, 5) is 16.5. The van der Waals surface area contributed by atoms with E-state index in [0.29, 0.717) is 17.1 Å². The molecule has 1 amide bonds. The molecule has 0 aliphatic heterocycles. The average Bonchev–Trinajstić information content (AvgIpc) is 2.93. The number of amides is 1. The second-order valence-corrected chi connectivity index (χ2v) is 4.37. The minimum Gasteiger partial charge on any atom is -0.369 e. The normalized spacial score (nSPS) is 10.3. The molecule has 2 N–H and O–H groups in total. The average molecular weight is 273 g/mol. The number of carbonyl (C=O) groups is 1. The van der Waals surface area contributed by atoms with Crippen molar-refractivity contribution in [3.8, 4) is 0 Å². The first-order valence-corrected chi connectivity index (χ1v) is 6.77. The first kappa shape index (κ1) is 14.0. The number of hydrogen-bond acceptors (Lipinski definition) is 4. The van der Waals surface area contributed by atoms with Gasteiger partial charge < -0.3 is 10.6 Å². The van der Waals surface area contributed by atoms with Crippen LogP contribution in [0, 0.1) is 0 Å². The highest BCUT2D eigenvalue weighted by molar-refractivity contribution is 6.07. The Morgan fingerprint density at radius 2 is 2.25 bits per heavy atom. The van der Waals surface area contributed by atoms with Crippen molar-refractivity contribution >= 4 is 17.4 Å². The molecule has 0 atom stereocenters. The molecule has 20 heavy (non-hydrogen) atoms. The summed E-state index contributed by atoms with van der Waals surface area (Å²) in [6.45, 7) is 5.61. The number of nitrogens with zero attached hydrogens (tertiary/aromatic N) is 3. The second-order valence-electron chi connectivity index (χ2n) is 4.37. The molecule has 0 radical (unpaired) electrons. The second kappa shape index (κ2) is 6.70. The molecule has 2 rings (SSSR count). The van der Waals surface area contributed by atoms with Crippen LogP contribution < -0.4 is 10.6 Å². The maximum absolute atomic E-state index is 12.3. The quantitative estimate of drug-likeness (QED) is 0.847. The predicted octanol–water partition coefficient (Wildman–Crippen LogP) is 2.37. The molecule has 2 aromatic rings. The van der Waals surface area contributed by atoms with E-state index in [-0.39, 0.29) is 5.91 Å². The van der Waals surface area contributed by atoms with Crippen molar-refractivity contribution in [3.05, 3.63) is 36.3 Å². The van der Waals surface area contributed by atoms with E-state index in [1.807, 2.05) is 6.92 Å². The molecule has 0 saturated carbocycles. The van der Waals surface area contributed by atoms with Crippen LogP contribution >= 0.6 is 0 Å². The summed E-state index contributed by atoms with van der Waals surface area (Å²) >= 11 is 0. The Bertz CT molecular complexity index is 578. The SMILES string of the molecule is CCCNc1ncccc1C(=O)Nc1cnn(CC)c1. The fourth-order valence-electron chi connectivity index (χ4n) is 1.77. The van der Waals surface area contributed by atoms with Crippen LogP contribution in [0.25, 0.3) is 0 Å². The summed E-state index contributed by atoms with van der Waals surface area (Å²) in [5.41, 5.74) is 1.22. The van der Waals surface area contributed by atoms with Gasteiger partial charge in [0.1, 0.15) is 5.82 Å². The van der Waals surface area contributed by atoms with Gasteiger partial charge in [-0.2, -0.15) is 5.10 Å². The van der Waals surface area contributed by atoms with Crippen LogP contribution in [0.5, 0.6) is 0 Å². The van der Waals surface area contributed by atoms with Gasteiger partial charge in [0, 0.05) is 25.5 Å². The highest BCUT2D eigenvalue weighted by Crippen LogP contribution is 2.14. The van der Waals surface area contributed by atoms with Crippen LogP contribution in [-0.2, 0) is 6.54 Å². The molecular formula is C14H19N5O. The minimum atomic E-state index is -0.188. The monoisotopic (exact) mass is 273 g/mol. The standard InChI is InChI=1S/C14H19N5O/c1-3-7-15-13-12(6-5-8-16-13)14(20)18-11-9-17-19(4-2)10-11/h5-6,8-10H,3-4,7H2,1-2H3,(H,15,16)(H,18,20). The van der Waals surface area contributed by atoms with Crippen LogP contribution in [0.4, 0.5) is 11.5 Å². The van der Waals surface area contributed by atoms with Gasteiger partial charge in [0.15, 0.2) is 0 Å². The van der Waals surface area contributed by atoms with Gasteiger partial charge in [-0.25, -0.2) is 4.98 Å². The topological polar surface area (TPSA) is 71.8 Å². The highest BCUT2D eigenvalue weighted by atomic mass is 16.1. The number of rotatable bonds is 6. The first-order chi connectivity index (χ1) is 9.74. The van der Waals surface area contributed by atoms with Gasteiger partial charge in [-0.3, -0.25) is 9.48 Å². The van der Waals surface area contributed by atoms with Gasteiger partial charge in [-0.05, 0) is 25.5 Å². The van der Waals surface area contributed by atoms with Crippen molar-refractivity contribution in [1.82, 2.24) is 14.8 Å². The van der Waals surface area contributed by atoms with Crippen molar-refractivity contribution in [1.29, 1.82) is 0 Å².